The predicted molar refractivity (Wildman–Crippen MR) is 471 cm³/mol. The monoisotopic (exact) mass is 1830 g/mol. The first kappa shape index (κ1) is 108. The number of aliphatic carboxylic acids is 1. The Labute approximate surface area is 750 Å². The van der Waals surface area contributed by atoms with Crippen molar-refractivity contribution < 1.29 is 112 Å². The van der Waals surface area contributed by atoms with Crippen LogP contribution in [0.25, 0.3) is 0 Å². The number of aromatic hydroxyl groups is 2. The van der Waals surface area contributed by atoms with Crippen molar-refractivity contribution in [2.24, 2.45) is 34.8 Å². The Morgan fingerprint density at radius 2 is 0.767 bits per heavy atom. The van der Waals surface area contributed by atoms with Gasteiger partial charge < -0.3 is 139 Å². The van der Waals surface area contributed by atoms with Gasteiger partial charge in [0.2, 0.25) is 94.5 Å². The number of nitrogens with two attached hydrogens (primary N) is 4. The van der Waals surface area contributed by atoms with Crippen molar-refractivity contribution in [1.82, 2.24) is 85.1 Å². The number of primary amides is 1. The number of amides is 16. The van der Waals surface area contributed by atoms with E-state index < -0.39 is 236 Å². The molecule has 31 N–H and O–H groups in total. The van der Waals surface area contributed by atoms with Crippen molar-refractivity contribution in [2.45, 2.75) is 209 Å². The SMILES string of the molecule is CC(C)C[C@H](NC(=O)[C@H](C)NC(=O)[C@H](CS)NC(=O)[C@H](Cc1ccccc1)NC(=O)[C@@H](N)Cc1ccc(O)cc1)C(=O)N[C@@H](CO)C(=O)N[C@@H](CCCNC(=N)N)C(=O)NCC(=O)NCC(=O)N[C@@H](CO)C(=O)N[C@@H](CC(N)=O)C(=O)N[C@@H](Cc1ccc(O)cc1)C(=O)N[C@@H](CCCCN)C(=O)N[C@@H](CC(C)C)C(=O)N[C@H](C(=O)N[C@@H](Cc1ccccc1)C(=O)O)[C@@H](C)O. The predicted octanol–water partition coefficient (Wildman–Crippen LogP) is -7.01. The number of carbonyl (C=O) groups excluding carboxylic acids is 16. The maximum Gasteiger partial charge on any atom is 0.326 e. The molecule has 15 atom stereocenters. The summed E-state index contributed by atoms with van der Waals surface area (Å²) >= 11 is 4.26. The molecule has 0 aromatic heterocycles. The summed E-state index contributed by atoms with van der Waals surface area (Å²) in [6, 6.07) is 6.35. The number of benzene rings is 4. The third-order valence-corrected chi connectivity index (χ3v) is 20.0. The Morgan fingerprint density at radius 3 is 1.25 bits per heavy atom. The molecule has 0 aliphatic carbocycles. The molecule has 0 saturated heterocycles. The summed E-state index contributed by atoms with van der Waals surface area (Å²) in [6.07, 6.45) is -3.14. The molecule has 0 radical (unpaired) electrons. The molecular weight excluding hydrogens is 1700 g/mol. The van der Waals surface area contributed by atoms with E-state index in [2.05, 4.69) is 97.7 Å². The molecule has 0 spiro atoms. The Bertz CT molecular complexity index is 4430. The minimum Gasteiger partial charge on any atom is -0.508 e. The van der Waals surface area contributed by atoms with Crippen molar-refractivity contribution in [3.63, 3.8) is 0 Å². The summed E-state index contributed by atoms with van der Waals surface area (Å²) in [7, 11) is 0. The van der Waals surface area contributed by atoms with Crippen LogP contribution < -0.4 is 108 Å². The van der Waals surface area contributed by atoms with Gasteiger partial charge in [-0.25, -0.2) is 4.79 Å². The Balaban J connectivity index is 1.42. The fourth-order valence-corrected chi connectivity index (χ4v) is 12.9. The average Bonchev–Trinajstić information content (AvgIpc) is 0.806. The number of aliphatic hydroxyl groups is 3. The second kappa shape index (κ2) is 56.2. The van der Waals surface area contributed by atoms with Crippen LogP contribution in [-0.4, -0.2) is 273 Å². The normalized spacial score (nSPS) is 14.6. The number of hydrogen-bond acceptors (Lipinski definition) is 26. The molecule has 708 valence electrons. The van der Waals surface area contributed by atoms with Gasteiger partial charge in [0.05, 0.1) is 44.9 Å². The quantitative estimate of drug-likeness (QED) is 0.00845. The van der Waals surface area contributed by atoms with Crippen LogP contribution in [0.3, 0.4) is 0 Å². The van der Waals surface area contributed by atoms with Crippen molar-refractivity contribution in [3.05, 3.63) is 131 Å². The van der Waals surface area contributed by atoms with Gasteiger partial charge in [-0.2, -0.15) is 12.6 Å². The van der Waals surface area contributed by atoms with E-state index in [1.165, 1.54) is 50.2 Å². The molecule has 0 saturated carbocycles. The molecule has 0 heterocycles. The maximum atomic E-state index is 14.6. The van der Waals surface area contributed by atoms with E-state index in [-0.39, 0.29) is 100.0 Å². The first-order valence-corrected chi connectivity index (χ1v) is 42.4. The number of carboxylic acid groups (broad SMARTS) is 1. The van der Waals surface area contributed by atoms with E-state index in [1.54, 1.807) is 100 Å². The lowest BCUT2D eigenvalue weighted by atomic mass is 10.00. The van der Waals surface area contributed by atoms with Crippen LogP contribution in [-0.2, 0) is 107 Å². The lowest BCUT2D eigenvalue weighted by Crippen LogP contribution is -2.61. The van der Waals surface area contributed by atoms with E-state index >= 15 is 0 Å². The summed E-state index contributed by atoms with van der Waals surface area (Å²) in [4.78, 5) is 233. The number of guanidine groups is 1. The lowest BCUT2D eigenvalue weighted by molar-refractivity contribution is -0.143. The lowest BCUT2D eigenvalue weighted by Gasteiger charge is -2.29. The highest BCUT2D eigenvalue weighted by atomic mass is 32.1. The van der Waals surface area contributed by atoms with Crippen LogP contribution >= 0.6 is 12.6 Å². The molecule has 44 nitrogen and oxygen atoms in total. The molecule has 0 bridgehead atoms. The number of carboxylic acids is 1. The minimum atomic E-state index is -1.98. The number of carbonyl (C=O) groups is 17. The van der Waals surface area contributed by atoms with Crippen LogP contribution in [0.4, 0.5) is 0 Å². The van der Waals surface area contributed by atoms with Gasteiger partial charge in [0.15, 0.2) is 5.96 Å². The smallest absolute Gasteiger partial charge is 0.326 e. The highest BCUT2D eigenvalue weighted by molar-refractivity contribution is 7.80. The number of phenolic OH excluding ortho intramolecular Hbond substituents is 2. The molecule has 45 heteroatoms. The molecular formula is C84H123N21O23S. The van der Waals surface area contributed by atoms with Gasteiger partial charge in [0, 0.05) is 31.6 Å². The van der Waals surface area contributed by atoms with Crippen molar-refractivity contribution in [1.29, 1.82) is 5.41 Å². The number of nitrogens with one attached hydrogen (secondary N) is 17. The van der Waals surface area contributed by atoms with Gasteiger partial charge in [-0.3, -0.25) is 82.1 Å². The third-order valence-electron chi connectivity index (χ3n) is 19.6. The van der Waals surface area contributed by atoms with Crippen molar-refractivity contribution in [2.75, 3.05) is 45.1 Å². The van der Waals surface area contributed by atoms with E-state index in [0.717, 1.165) is 0 Å². The van der Waals surface area contributed by atoms with Crippen LogP contribution in [0.5, 0.6) is 11.5 Å². The van der Waals surface area contributed by atoms with Gasteiger partial charge in [-0.15, -0.1) is 0 Å². The Hall–Kier alpha value is -13.1. The van der Waals surface area contributed by atoms with E-state index in [0.29, 0.717) is 28.7 Å². The summed E-state index contributed by atoms with van der Waals surface area (Å²) < 4.78 is 0. The number of aliphatic hydroxyl groups excluding tert-OH is 3. The van der Waals surface area contributed by atoms with Gasteiger partial charge in [-0.05, 0) is 130 Å². The van der Waals surface area contributed by atoms with Crippen LogP contribution in [0.15, 0.2) is 109 Å². The first-order valence-electron chi connectivity index (χ1n) is 41.7. The highest BCUT2D eigenvalue weighted by Gasteiger charge is 2.39. The maximum absolute atomic E-state index is 14.6. The summed E-state index contributed by atoms with van der Waals surface area (Å²) in [5, 5.41) is 107. The molecule has 16 amide bonds. The van der Waals surface area contributed by atoms with Gasteiger partial charge in [0.1, 0.15) is 90.0 Å². The third kappa shape index (κ3) is 40.2. The number of unbranched alkanes of at least 4 members (excludes halogenated alkanes) is 1. The zero-order valence-corrected chi connectivity index (χ0v) is 73.4. The number of hydrogen-bond donors (Lipinski definition) is 28. The van der Waals surface area contributed by atoms with E-state index in [4.69, 9.17) is 28.3 Å². The van der Waals surface area contributed by atoms with Crippen molar-refractivity contribution >= 4 is 119 Å². The van der Waals surface area contributed by atoms with E-state index in [1.807, 2.05) is 0 Å². The van der Waals surface area contributed by atoms with Crippen LogP contribution in [0.2, 0.25) is 0 Å². The zero-order valence-electron chi connectivity index (χ0n) is 72.5. The van der Waals surface area contributed by atoms with Gasteiger partial charge >= 0.3 is 5.97 Å². The fourth-order valence-electron chi connectivity index (χ4n) is 12.7. The average molecular weight is 1830 g/mol. The molecule has 4 rings (SSSR count). The highest BCUT2D eigenvalue weighted by Crippen LogP contribution is 2.17. The fraction of sp³-hybridized carbons (Fsp3) is 0.500. The second-order valence-corrected chi connectivity index (χ2v) is 31.9. The summed E-state index contributed by atoms with van der Waals surface area (Å²) in [6.45, 7) is 5.22. The molecule has 0 aliphatic heterocycles. The van der Waals surface area contributed by atoms with E-state index in [9.17, 15) is 112 Å². The Morgan fingerprint density at radius 1 is 0.388 bits per heavy atom. The standard InChI is InChI=1S/C84H123N21O23S/c1-44(2)32-57(97-70(114)46(5)93-81(125)65(43-129)104-76(120)59(35-48-16-9-7-10-17-48)98-71(115)54(86)34-50-22-26-52(109)27-23-50)74(118)103-64(42-107)80(124)95-55(21-15-31-90-84(88)89)72(116)92-39-67(112)91-40-68(113)94-63(41-106)79(123)101-61(38-66(87)111)77(121)100-60(36-51-24-28-53(110)29-25-51)75(119)96-56(20-13-14-30-85)73(117)99-58(33-45(3)4)78(122)105-69(47(6)108)82(126)102-62(83(127)128)37-49-18-11-8-12-19-49/h7-12,16-19,22-29,44-47,54-65,69,106-110,129H,13-15,20-21,30-43,85-86H2,1-6H3,(H2,87,111)(H,91,112)(H,92,116)(H,93,125)(H,94,113)(H,95,124)(H,96,119)(H,97,114)(H,98,115)(H,99,117)(H,100,121)(H,101,123)(H,102,126)(H,103,118)(H,104,120)(H,105,122)(H,127,128)(H4,88,89,90)/t46-,47+,54-,55-,56-,57-,58-,59-,60-,61-,62-,63-,64-,65-,69-/m0/s1. The van der Waals surface area contributed by atoms with Gasteiger partial charge in [0.25, 0.3) is 0 Å². The topological polar surface area (TPSA) is 732 Å². The molecule has 4 aromatic rings. The number of thiol groups is 1. The number of phenols is 2. The largest absolute Gasteiger partial charge is 0.508 e. The zero-order chi connectivity index (χ0) is 96.1. The molecule has 129 heavy (non-hydrogen) atoms. The minimum absolute atomic E-state index is 0.00284. The number of rotatable bonds is 57. The molecule has 4 aromatic carbocycles. The van der Waals surface area contributed by atoms with Crippen LogP contribution in [0.1, 0.15) is 115 Å². The summed E-state index contributed by atoms with van der Waals surface area (Å²) in [5.74, 6) is -19.6. The molecule has 0 fully saturated rings. The summed E-state index contributed by atoms with van der Waals surface area (Å²) in [5.41, 5.74) is 25.1. The molecule has 0 aliphatic rings. The van der Waals surface area contributed by atoms with Crippen LogP contribution in [0, 0.1) is 17.2 Å². The Kier molecular flexibility index (Phi) is 47.1. The second-order valence-electron chi connectivity index (χ2n) is 31.5. The first-order chi connectivity index (χ1) is 61.0. The molecule has 0 unspecified atom stereocenters. The van der Waals surface area contributed by atoms with Gasteiger partial charge in [-0.1, -0.05) is 113 Å². The van der Waals surface area contributed by atoms with Crippen molar-refractivity contribution in [3.8, 4) is 11.5 Å².